The first-order valence-electron chi connectivity index (χ1n) is 6.38. The summed E-state index contributed by atoms with van der Waals surface area (Å²) in [7, 11) is 0. The molecular weight excluding hydrogens is 196 g/mol. The highest BCUT2D eigenvalue weighted by atomic mass is 15.0. The Labute approximate surface area is 97.2 Å². The Morgan fingerprint density at radius 2 is 2.00 bits per heavy atom. The van der Waals surface area contributed by atoms with Crippen molar-refractivity contribution in [3.8, 4) is 0 Å². The third kappa shape index (κ3) is 1.87. The van der Waals surface area contributed by atoms with Crippen LogP contribution in [0, 0.1) is 5.92 Å². The SMILES string of the molecule is NC1CC2CCC(N2)C1Cc1ccccc1. The van der Waals surface area contributed by atoms with Gasteiger partial charge < -0.3 is 11.1 Å². The van der Waals surface area contributed by atoms with E-state index in [4.69, 9.17) is 5.73 Å². The second kappa shape index (κ2) is 4.19. The van der Waals surface area contributed by atoms with Crippen molar-refractivity contribution in [2.24, 2.45) is 11.7 Å². The summed E-state index contributed by atoms with van der Waals surface area (Å²) in [5, 5.41) is 3.71. The number of hydrogen-bond donors (Lipinski definition) is 2. The van der Waals surface area contributed by atoms with Crippen LogP contribution in [0.4, 0.5) is 0 Å². The molecule has 2 aliphatic rings. The van der Waals surface area contributed by atoms with Gasteiger partial charge in [0.2, 0.25) is 0 Å². The Morgan fingerprint density at radius 1 is 1.19 bits per heavy atom. The van der Waals surface area contributed by atoms with Crippen molar-refractivity contribution >= 4 is 0 Å². The molecule has 0 saturated carbocycles. The number of piperidine rings is 1. The Hall–Kier alpha value is -0.860. The zero-order valence-corrected chi connectivity index (χ0v) is 9.60. The molecule has 86 valence electrons. The van der Waals surface area contributed by atoms with Gasteiger partial charge in [-0.05, 0) is 37.2 Å². The van der Waals surface area contributed by atoms with E-state index in [0.717, 1.165) is 12.8 Å². The number of rotatable bonds is 2. The molecule has 2 saturated heterocycles. The zero-order chi connectivity index (χ0) is 11.0. The number of nitrogens with two attached hydrogens (primary N) is 1. The average Bonchev–Trinajstić information content (AvgIpc) is 2.70. The van der Waals surface area contributed by atoms with E-state index in [2.05, 4.69) is 35.6 Å². The fourth-order valence-electron chi connectivity index (χ4n) is 3.36. The lowest BCUT2D eigenvalue weighted by atomic mass is 9.83. The van der Waals surface area contributed by atoms with Gasteiger partial charge in [0.25, 0.3) is 0 Å². The fourth-order valence-corrected chi connectivity index (χ4v) is 3.36. The largest absolute Gasteiger partial charge is 0.327 e. The first-order chi connectivity index (χ1) is 7.83. The van der Waals surface area contributed by atoms with Crippen molar-refractivity contribution < 1.29 is 0 Å². The molecule has 3 rings (SSSR count). The molecule has 4 atom stereocenters. The maximum atomic E-state index is 6.31. The molecule has 0 aliphatic carbocycles. The van der Waals surface area contributed by atoms with Crippen molar-refractivity contribution in [1.29, 1.82) is 0 Å². The van der Waals surface area contributed by atoms with Crippen LogP contribution in [0.15, 0.2) is 30.3 Å². The molecule has 2 aliphatic heterocycles. The van der Waals surface area contributed by atoms with Gasteiger partial charge in [0, 0.05) is 18.1 Å². The van der Waals surface area contributed by atoms with Gasteiger partial charge in [-0.1, -0.05) is 30.3 Å². The number of hydrogen-bond acceptors (Lipinski definition) is 2. The molecule has 2 heteroatoms. The van der Waals surface area contributed by atoms with Crippen LogP contribution >= 0.6 is 0 Å². The number of benzene rings is 1. The second-order valence-corrected chi connectivity index (χ2v) is 5.30. The van der Waals surface area contributed by atoms with Gasteiger partial charge in [-0.2, -0.15) is 0 Å². The third-order valence-corrected chi connectivity index (χ3v) is 4.21. The van der Waals surface area contributed by atoms with E-state index in [1.165, 1.54) is 18.4 Å². The minimum Gasteiger partial charge on any atom is -0.327 e. The van der Waals surface area contributed by atoms with Crippen LogP contribution < -0.4 is 11.1 Å². The molecule has 2 fully saturated rings. The zero-order valence-electron chi connectivity index (χ0n) is 9.60. The predicted molar refractivity (Wildman–Crippen MR) is 66.2 cm³/mol. The molecular formula is C14H20N2. The maximum absolute atomic E-state index is 6.31. The standard InChI is InChI=1S/C14H20N2/c15-13-9-11-6-7-14(16-11)12(13)8-10-4-2-1-3-5-10/h1-5,11-14,16H,6-9,15H2. The summed E-state index contributed by atoms with van der Waals surface area (Å²) in [4.78, 5) is 0. The first-order valence-corrected chi connectivity index (χ1v) is 6.38. The quantitative estimate of drug-likeness (QED) is 0.789. The van der Waals surface area contributed by atoms with Crippen LogP contribution in [-0.2, 0) is 6.42 Å². The van der Waals surface area contributed by atoms with E-state index in [1.807, 2.05) is 0 Å². The summed E-state index contributed by atoms with van der Waals surface area (Å²) in [6.07, 6.45) is 4.93. The molecule has 2 heterocycles. The molecule has 0 aromatic heterocycles. The third-order valence-electron chi connectivity index (χ3n) is 4.21. The Bertz CT molecular complexity index is 349. The lowest BCUT2D eigenvalue weighted by molar-refractivity contribution is 0.250. The van der Waals surface area contributed by atoms with Crippen molar-refractivity contribution in [3.05, 3.63) is 35.9 Å². The van der Waals surface area contributed by atoms with E-state index in [9.17, 15) is 0 Å². The molecule has 2 nitrogen and oxygen atoms in total. The van der Waals surface area contributed by atoms with Gasteiger partial charge in [0.1, 0.15) is 0 Å². The summed E-state index contributed by atoms with van der Waals surface area (Å²) >= 11 is 0. The second-order valence-electron chi connectivity index (χ2n) is 5.30. The van der Waals surface area contributed by atoms with Crippen molar-refractivity contribution in [2.75, 3.05) is 0 Å². The minimum absolute atomic E-state index is 0.388. The molecule has 0 amide bonds. The van der Waals surface area contributed by atoms with Crippen LogP contribution in [-0.4, -0.2) is 18.1 Å². The van der Waals surface area contributed by atoms with Crippen LogP contribution in [0.5, 0.6) is 0 Å². The molecule has 0 radical (unpaired) electrons. The Balaban J connectivity index is 1.74. The molecule has 1 aromatic rings. The minimum atomic E-state index is 0.388. The topological polar surface area (TPSA) is 38.0 Å². The lowest BCUT2D eigenvalue weighted by Crippen LogP contribution is -2.52. The van der Waals surface area contributed by atoms with Crippen molar-refractivity contribution in [1.82, 2.24) is 5.32 Å². The van der Waals surface area contributed by atoms with E-state index in [-0.39, 0.29) is 0 Å². The normalized spacial score (nSPS) is 37.6. The number of fused-ring (bicyclic) bond motifs is 2. The highest BCUT2D eigenvalue weighted by Crippen LogP contribution is 2.32. The summed E-state index contributed by atoms with van der Waals surface area (Å²) in [6, 6.07) is 12.5. The van der Waals surface area contributed by atoms with Crippen LogP contribution in [0.2, 0.25) is 0 Å². The van der Waals surface area contributed by atoms with Crippen LogP contribution in [0.1, 0.15) is 24.8 Å². The van der Waals surface area contributed by atoms with Crippen molar-refractivity contribution in [3.63, 3.8) is 0 Å². The molecule has 0 spiro atoms. The highest BCUT2D eigenvalue weighted by molar-refractivity contribution is 5.17. The van der Waals surface area contributed by atoms with Gasteiger partial charge in [0.15, 0.2) is 0 Å². The Morgan fingerprint density at radius 3 is 2.81 bits per heavy atom. The van der Waals surface area contributed by atoms with Gasteiger partial charge >= 0.3 is 0 Å². The van der Waals surface area contributed by atoms with E-state index in [1.54, 1.807) is 0 Å². The molecule has 16 heavy (non-hydrogen) atoms. The molecule has 1 aromatic carbocycles. The smallest absolute Gasteiger partial charge is 0.0116 e. The maximum Gasteiger partial charge on any atom is 0.0116 e. The van der Waals surface area contributed by atoms with E-state index < -0.39 is 0 Å². The van der Waals surface area contributed by atoms with Crippen molar-refractivity contribution in [2.45, 2.75) is 43.8 Å². The van der Waals surface area contributed by atoms with Gasteiger partial charge in [0.05, 0.1) is 0 Å². The Kier molecular flexibility index (Phi) is 2.70. The summed E-state index contributed by atoms with van der Waals surface area (Å²) < 4.78 is 0. The lowest BCUT2D eigenvalue weighted by Gasteiger charge is -2.35. The summed E-state index contributed by atoms with van der Waals surface area (Å²) in [5.74, 6) is 0.626. The van der Waals surface area contributed by atoms with Gasteiger partial charge in [-0.25, -0.2) is 0 Å². The average molecular weight is 216 g/mol. The van der Waals surface area contributed by atoms with E-state index in [0.29, 0.717) is 24.0 Å². The molecule has 3 N–H and O–H groups in total. The van der Waals surface area contributed by atoms with Crippen LogP contribution in [0.25, 0.3) is 0 Å². The summed E-state index contributed by atoms with van der Waals surface area (Å²) in [6.45, 7) is 0. The van der Waals surface area contributed by atoms with E-state index >= 15 is 0 Å². The summed E-state index contributed by atoms with van der Waals surface area (Å²) in [5.41, 5.74) is 7.73. The fraction of sp³-hybridized carbons (Fsp3) is 0.571. The first kappa shape index (κ1) is 10.3. The molecule has 2 bridgehead atoms. The monoisotopic (exact) mass is 216 g/mol. The van der Waals surface area contributed by atoms with Crippen LogP contribution in [0.3, 0.4) is 0 Å². The van der Waals surface area contributed by atoms with Gasteiger partial charge in [-0.15, -0.1) is 0 Å². The van der Waals surface area contributed by atoms with Gasteiger partial charge in [-0.3, -0.25) is 0 Å². The highest BCUT2D eigenvalue weighted by Gasteiger charge is 2.39. The predicted octanol–water partition coefficient (Wildman–Crippen LogP) is 1.70. The number of nitrogens with one attached hydrogen (secondary N) is 1. The molecule has 4 unspecified atom stereocenters.